The fourth-order valence-corrected chi connectivity index (χ4v) is 4.81. The van der Waals surface area contributed by atoms with Crippen LogP contribution in [-0.4, -0.2) is 14.7 Å². The van der Waals surface area contributed by atoms with Crippen LogP contribution < -0.4 is 10.2 Å². The van der Waals surface area contributed by atoms with Crippen molar-refractivity contribution < 1.29 is 4.39 Å². The van der Waals surface area contributed by atoms with Gasteiger partial charge in [-0.15, -0.1) is 0 Å². The van der Waals surface area contributed by atoms with E-state index in [-0.39, 0.29) is 17.9 Å². The van der Waals surface area contributed by atoms with Crippen LogP contribution in [-0.2, 0) is 0 Å². The van der Waals surface area contributed by atoms with Crippen LogP contribution in [0.25, 0.3) is 5.69 Å². The summed E-state index contributed by atoms with van der Waals surface area (Å²) in [7, 11) is 0. The number of thiocarbonyl (C=S) groups is 1. The molecule has 1 N–H and O–H groups in total. The third kappa shape index (κ3) is 3.61. The summed E-state index contributed by atoms with van der Waals surface area (Å²) < 4.78 is 17.7. The summed E-state index contributed by atoms with van der Waals surface area (Å²) >= 11 is 9.39. The van der Waals surface area contributed by atoms with E-state index >= 15 is 0 Å². The lowest BCUT2D eigenvalue weighted by Crippen LogP contribution is -2.30. The predicted octanol–water partition coefficient (Wildman–Crippen LogP) is 6.26. The second-order valence-corrected chi connectivity index (χ2v) is 8.93. The lowest BCUT2D eigenvalue weighted by molar-refractivity contribution is 0.544. The van der Waals surface area contributed by atoms with Crippen molar-refractivity contribution >= 4 is 38.9 Å². The zero-order valence-corrected chi connectivity index (χ0v) is 19.6. The molecule has 5 rings (SSSR count). The summed E-state index contributed by atoms with van der Waals surface area (Å²) in [5, 5.41) is 4.07. The van der Waals surface area contributed by atoms with Crippen LogP contribution in [0, 0.1) is 12.7 Å². The molecule has 2 aromatic heterocycles. The maximum absolute atomic E-state index is 14.7. The van der Waals surface area contributed by atoms with E-state index in [1.165, 1.54) is 6.07 Å². The van der Waals surface area contributed by atoms with E-state index in [9.17, 15) is 4.39 Å². The van der Waals surface area contributed by atoms with Gasteiger partial charge in [-0.05, 0) is 79.3 Å². The summed E-state index contributed by atoms with van der Waals surface area (Å²) in [6.07, 6.45) is 3.66. The Kier molecular flexibility index (Phi) is 5.53. The first-order valence-electron chi connectivity index (χ1n) is 10.2. The van der Waals surface area contributed by atoms with Crippen molar-refractivity contribution in [2.24, 2.45) is 0 Å². The number of aromatic nitrogens is 2. The number of benzene rings is 2. The third-order valence-corrected chi connectivity index (χ3v) is 6.92. The number of nitrogens with zero attached hydrogens (tertiary/aromatic N) is 3. The molecular weight excluding hydrogens is 487 g/mol. The van der Waals surface area contributed by atoms with Crippen LogP contribution in [0.4, 0.5) is 10.1 Å². The molecule has 32 heavy (non-hydrogen) atoms. The van der Waals surface area contributed by atoms with Crippen LogP contribution in [0.2, 0.25) is 0 Å². The predicted molar refractivity (Wildman–Crippen MR) is 133 cm³/mol. The normalized spacial score (nSPS) is 18.1. The van der Waals surface area contributed by atoms with Gasteiger partial charge in [0.1, 0.15) is 11.9 Å². The second kappa shape index (κ2) is 8.48. The van der Waals surface area contributed by atoms with Crippen molar-refractivity contribution in [3.63, 3.8) is 0 Å². The number of anilines is 1. The van der Waals surface area contributed by atoms with E-state index in [0.29, 0.717) is 10.8 Å². The van der Waals surface area contributed by atoms with Gasteiger partial charge in [0.25, 0.3) is 0 Å². The fraction of sp³-hybridized carbons (Fsp3) is 0.120. The SMILES string of the molecule is Cc1cc(N2C(=S)N[C@@H](c3ccccn3)[C@H]2c2cccn2-c2ccccc2F)ccc1Br. The van der Waals surface area contributed by atoms with Crippen molar-refractivity contribution in [3.8, 4) is 5.69 Å². The molecule has 0 saturated carbocycles. The van der Waals surface area contributed by atoms with E-state index < -0.39 is 0 Å². The molecule has 1 aliphatic rings. The van der Waals surface area contributed by atoms with E-state index in [1.54, 1.807) is 18.3 Å². The summed E-state index contributed by atoms with van der Waals surface area (Å²) in [6.45, 7) is 2.05. The summed E-state index contributed by atoms with van der Waals surface area (Å²) in [6, 6.07) is 22.3. The van der Waals surface area contributed by atoms with E-state index in [1.807, 2.05) is 66.2 Å². The topological polar surface area (TPSA) is 33.1 Å². The minimum Gasteiger partial charge on any atom is -0.351 e. The summed E-state index contributed by atoms with van der Waals surface area (Å²) in [5.74, 6) is -0.279. The highest BCUT2D eigenvalue weighted by atomic mass is 79.9. The Labute approximate surface area is 199 Å². The monoisotopic (exact) mass is 506 g/mol. The quantitative estimate of drug-likeness (QED) is 0.331. The number of nitrogens with one attached hydrogen (secondary N) is 1. The molecule has 0 aliphatic carbocycles. The first kappa shape index (κ1) is 20.8. The molecule has 0 spiro atoms. The molecule has 4 nitrogen and oxygen atoms in total. The molecule has 2 atom stereocenters. The highest BCUT2D eigenvalue weighted by Gasteiger charge is 2.42. The van der Waals surface area contributed by atoms with Crippen molar-refractivity contribution in [2.45, 2.75) is 19.0 Å². The maximum atomic E-state index is 14.7. The van der Waals surface area contributed by atoms with Gasteiger partial charge in [0.05, 0.1) is 17.4 Å². The van der Waals surface area contributed by atoms with Crippen molar-refractivity contribution in [2.75, 3.05) is 4.90 Å². The average Bonchev–Trinajstić information content (AvgIpc) is 3.41. The largest absolute Gasteiger partial charge is 0.351 e. The Balaban J connectivity index is 1.69. The number of rotatable bonds is 4. The number of para-hydroxylation sites is 1. The van der Waals surface area contributed by atoms with Gasteiger partial charge in [-0.2, -0.15) is 0 Å². The minimum atomic E-state index is -0.279. The third-order valence-electron chi connectivity index (χ3n) is 5.71. The van der Waals surface area contributed by atoms with Gasteiger partial charge in [0, 0.05) is 28.2 Å². The Morgan fingerprint density at radius 2 is 1.84 bits per heavy atom. The molecule has 7 heteroatoms. The molecule has 3 heterocycles. The number of halogens is 2. The molecular formula is C25H20BrFN4S. The molecule has 160 valence electrons. The van der Waals surface area contributed by atoms with Crippen LogP contribution in [0.3, 0.4) is 0 Å². The summed E-state index contributed by atoms with van der Waals surface area (Å²) in [5.41, 5.74) is 4.36. The minimum absolute atomic E-state index is 0.201. The lowest BCUT2D eigenvalue weighted by Gasteiger charge is -2.29. The van der Waals surface area contributed by atoms with Gasteiger partial charge in [0.15, 0.2) is 5.11 Å². The Bertz CT molecular complexity index is 1290. The standard InChI is InChI=1S/C25H20BrFN4S/c1-16-15-17(11-12-18(16)26)31-24(23(29-25(31)32)20-8-4-5-13-28-20)22-10-6-14-30(22)21-9-3-2-7-19(21)27/h2-15,23-24H,1H3,(H,29,32)/t23-,24+/m0/s1. The highest BCUT2D eigenvalue weighted by Crippen LogP contribution is 2.43. The molecule has 2 aromatic carbocycles. The van der Waals surface area contributed by atoms with Gasteiger partial charge in [-0.3, -0.25) is 4.98 Å². The van der Waals surface area contributed by atoms with E-state index in [4.69, 9.17) is 12.2 Å². The van der Waals surface area contributed by atoms with Crippen LogP contribution in [0.1, 0.15) is 29.0 Å². The van der Waals surface area contributed by atoms with Gasteiger partial charge in [0.2, 0.25) is 0 Å². The molecule has 1 fully saturated rings. The molecule has 0 unspecified atom stereocenters. The van der Waals surface area contributed by atoms with Crippen molar-refractivity contribution in [3.05, 3.63) is 112 Å². The van der Waals surface area contributed by atoms with Crippen LogP contribution in [0.5, 0.6) is 0 Å². The smallest absolute Gasteiger partial charge is 0.174 e. The van der Waals surface area contributed by atoms with E-state index in [2.05, 4.69) is 37.2 Å². The van der Waals surface area contributed by atoms with Crippen LogP contribution in [0.15, 0.2) is 89.7 Å². The second-order valence-electron chi connectivity index (χ2n) is 7.68. The Morgan fingerprint density at radius 1 is 1.03 bits per heavy atom. The van der Waals surface area contributed by atoms with Gasteiger partial charge < -0.3 is 14.8 Å². The molecule has 1 aliphatic heterocycles. The van der Waals surface area contributed by atoms with Gasteiger partial charge in [-0.1, -0.05) is 34.1 Å². The number of hydrogen-bond acceptors (Lipinski definition) is 2. The zero-order valence-electron chi connectivity index (χ0n) is 17.2. The highest BCUT2D eigenvalue weighted by molar-refractivity contribution is 9.10. The molecule has 0 bridgehead atoms. The average molecular weight is 507 g/mol. The number of pyridine rings is 1. The summed E-state index contributed by atoms with van der Waals surface area (Å²) in [4.78, 5) is 6.69. The first-order chi connectivity index (χ1) is 15.5. The van der Waals surface area contributed by atoms with Gasteiger partial charge >= 0.3 is 0 Å². The molecule has 1 saturated heterocycles. The van der Waals surface area contributed by atoms with Crippen molar-refractivity contribution in [1.29, 1.82) is 0 Å². The lowest BCUT2D eigenvalue weighted by atomic mass is 10.0. The molecule has 0 radical (unpaired) electrons. The Hall–Kier alpha value is -3.03. The number of aryl methyl sites for hydroxylation is 1. The van der Waals surface area contributed by atoms with Gasteiger partial charge in [-0.25, -0.2) is 4.39 Å². The van der Waals surface area contributed by atoms with Crippen molar-refractivity contribution in [1.82, 2.24) is 14.9 Å². The molecule has 0 amide bonds. The maximum Gasteiger partial charge on any atom is 0.174 e. The first-order valence-corrected chi connectivity index (χ1v) is 11.4. The zero-order chi connectivity index (χ0) is 22.2. The van der Waals surface area contributed by atoms with E-state index in [0.717, 1.165) is 27.1 Å². The number of hydrogen-bond donors (Lipinski definition) is 1. The Morgan fingerprint density at radius 3 is 2.59 bits per heavy atom. The molecule has 4 aromatic rings. The fourth-order valence-electron chi connectivity index (χ4n) is 4.21. The van der Waals surface area contributed by atoms with Crippen LogP contribution >= 0.6 is 28.1 Å².